The van der Waals surface area contributed by atoms with Crippen LogP contribution in [0, 0.1) is 18.2 Å². The minimum absolute atomic E-state index is 0.137. The molecule has 0 radical (unpaired) electrons. The van der Waals surface area contributed by atoms with Crippen molar-refractivity contribution in [2.75, 3.05) is 13.7 Å². The van der Waals surface area contributed by atoms with E-state index in [1.807, 2.05) is 25.3 Å². The summed E-state index contributed by atoms with van der Waals surface area (Å²) in [6, 6.07) is 8.12. The van der Waals surface area contributed by atoms with Crippen LogP contribution in [0.2, 0.25) is 0 Å². The first-order valence-corrected chi connectivity index (χ1v) is 11.5. The molecule has 3 aromatic rings. The number of ether oxygens (including phenoxy) is 1. The monoisotopic (exact) mass is 471 g/mol. The van der Waals surface area contributed by atoms with E-state index in [0.29, 0.717) is 31.5 Å². The maximum absolute atomic E-state index is 14.7. The Labute approximate surface area is 196 Å². The van der Waals surface area contributed by atoms with Gasteiger partial charge in [-0.2, -0.15) is 0 Å². The summed E-state index contributed by atoms with van der Waals surface area (Å²) in [4.78, 5) is 17.0. The zero-order valence-electron chi connectivity index (χ0n) is 19.3. The number of benzene rings is 2. The Balaban J connectivity index is 1.53. The van der Waals surface area contributed by atoms with Gasteiger partial charge in [0.25, 0.3) is 5.91 Å². The van der Waals surface area contributed by atoms with Crippen LogP contribution in [0.15, 0.2) is 36.5 Å². The zero-order valence-corrected chi connectivity index (χ0v) is 19.3. The molecule has 1 unspecified atom stereocenters. The molecule has 34 heavy (non-hydrogen) atoms. The summed E-state index contributed by atoms with van der Waals surface area (Å²) in [7, 11) is 1.63. The van der Waals surface area contributed by atoms with Gasteiger partial charge in [-0.05, 0) is 67.1 Å². The van der Waals surface area contributed by atoms with Gasteiger partial charge in [0, 0.05) is 48.1 Å². The smallest absolute Gasteiger partial charge is 0.251 e. The first kappa shape index (κ1) is 22.8. The molecule has 1 amide bonds. The van der Waals surface area contributed by atoms with E-state index in [0.717, 1.165) is 27.8 Å². The van der Waals surface area contributed by atoms with E-state index < -0.39 is 23.1 Å². The lowest BCUT2D eigenvalue weighted by Crippen LogP contribution is -2.53. The van der Waals surface area contributed by atoms with Crippen molar-refractivity contribution in [3.05, 3.63) is 64.6 Å². The Morgan fingerprint density at radius 3 is 2.68 bits per heavy atom. The summed E-state index contributed by atoms with van der Waals surface area (Å²) in [5.41, 5.74) is 8.39. The molecular weight excluding hydrogens is 443 g/mol. The highest BCUT2D eigenvalue weighted by Gasteiger charge is 2.58. The lowest BCUT2D eigenvalue weighted by atomic mass is 9.59. The highest BCUT2D eigenvalue weighted by Crippen LogP contribution is 2.60. The van der Waals surface area contributed by atoms with Crippen molar-refractivity contribution in [3.8, 4) is 5.75 Å². The predicted molar refractivity (Wildman–Crippen MR) is 124 cm³/mol. The number of H-pyrrole nitrogens is 1. The van der Waals surface area contributed by atoms with Crippen molar-refractivity contribution in [1.82, 2.24) is 9.88 Å². The molecule has 1 aliphatic carbocycles. The molecule has 1 aliphatic heterocycles. The van der Waals surface area contributed by atoms with Crippen molar-refractivity contribution < 1.29 is 22.7 Å². The first-order chi connectivity index (χ1) is 16.1. The van der Waals surface area contributed by atoms with Crippen molar-refractivity contribution in [2.24, 2.45) is 11.1 Å². The number of primary amides is 1. The average molecular weight is 472 g/mol. The topological polar surface area (TPSA) is 71.3 Å². The lowest BCUT2D eigenvalue weighted by molar-refractivity contribution is -0.186. The van der Waals surface area contributed by atoms with Crippen LogP contribution in [0.1, 0.15) is 58.8 Å². The number of hydrogen-bond donors (Lipinski definition) is 2. The van der Waals surface area contributed by atoms with Crippen LogP contribution in [-0.2, 0) is 6.54 Å². The van der Waals surface area contributed by atoms with Crippen LogP contribution in [-0.4, -0.2) is 35.4 Å². The van der Waals surface area contributed by atoms with Gasteiger partial charge in [-0.1, -0.05) is 6.07 Å². The Morgan fingerprint density at radius 1 is 1.26 bits per heavy atom. The normalized spacial score (nSPS) is 21.5. The third-order valence-corrected chi connectivity index (χ3v) is 7.60. The second-order valence-electron chi connectivity index (χ2n) is 9.89. The molecule has 5 rings (SSSR count). The van der Waals surface area contributed by atoms with Crippen molar-refractivity contribution in [1.29, 1.82) is 0 Å². The molecule has 1 saturated heterocycles. The minimum Gasteiger partial charge on any atom is -0.496 e. The van der Waals surface area contributed by atoms with Crippen LogP contribution < -0.4 is 10.5 Å². The largest absolute Gasteiger partial charge is 0.496 e. The quantitative estimate of drug-likeness (QED) is 0.518. The molecule has 0 bridgehead atoms. The number of nitrogens with zero attached hydrogens (tertiary/aromatic N) is 1. The molecule has 5 nitrogen and oxygen atoms in total. The van der Waals surface area contributed by atoms with E-state index in [4.69, 9.17) is 10.5 Å². The van der Waals surface area contributed by atoms with Gasteiger partial charge >= 0.3 is 0 Å². The molecule has 2 fully saturated rings. The Bertz CT molecular complexity index is 1260. The number of carbonyl (C=O) groups excluding carboxylic acids is 1. The predicted octanol–water partition coefficient (Wildman–Crippen LogP) is 5.48. The number of nitrogens with two attached hydrogens (primary N) is 1. The Hall–Kier alpha value is -3.00. The van der Waals surface area contributed by atoms with Crippen LogP contribution in [0.3, 0.4) is 0 Å². The number of aryl methyl sites for hydroxylation is 1. The van der Waals surface area contributed by atoms with E-state index in [1.165, 1.54) is 12.1 Å². The molecule has 1 atom stereocenters. The van der Waals surface area contributed by atoms with Crippen LogP contribution in [0.4, 0.5) is 13.2 Å². The number of alkyl halides is 2. The summed E-state index contributed by atoms with van der Waals surface area (Å²) in [6.07, 6.45) is 2.77. The fourth-order valence-electron chi connectivity index (χ4n) is 5.99. The van der Waals surface area contributed by atoms with Crippen molar-refractivity contribution in [3.63, 3.8) is 0 Å². The summed E-state index contributed by atoms with van der Waals surface area (Å²) in [5, 5.41) is 1.04. The van der Waals surface area contributed by atoms with Gasteiger partial charge in [-0.25, -0.2) is 13.2 Å². The van der Waals surface area contributed by atoms with Gasteiger partial charge in [0.1, 0.15) is 11.6 Å². The lowest BCUT2D eigenvalue weighted by Gasteiger charge is -2.54. The molecule has 180 valence electrons. The summed E-state index contributed by atoms with van der Waals surface area (Å²) < 4.78 is 48.1. The van der Waals surface area contributed by atoms with Gasteiger partial charge < -0.3 is 15.5 Å². The Morgan fingerprint density at radius 2 is 2.03 bits per heavy atom. The second kappa shape index (κ2) is 8.05. The number of carbonyl (C=O) groups is 1. The van der Waals surface area contributed by atoms with Crippen LogP contribution in [0.5, 0.6) is 5.75 Å². The fourth-order valence-corrected chi connectivity index (χ4v) is 5.99. The van der Waals surface area contributed by atoms with Gasteiger partial charge in [0.15, 0.2) is 0 Å². The van der Waals surface area contributed by atoms with Crippen LogP contribution in [0.25, 0.3) is 10.9 Å². The standard InChI is InChI=1S/C26H28F3N3O2/c1-15-9-22(34-2)19(17-5-7-31-23(15)17)12-32-8-6-25(13-26(28,29)14-25)11-21(32)16-3-4-18(24(30)33)20(27)10-16/h3-5,7,9-10,21,31H,6,8,11-14H2,1-2H3,(H2,30,33). The van der Waals surface area contributed by atoms with Crippen molar-refractivity contribution >= 4 is 16.8 Å². The number of nitrogens with one attached hydrogen (secondary N) is 1. The third kappa shape index (κ3) is 3.83. The Kier molecular flexibility index (Phi) is 5.39. The first-order valence-electron chi connectivity index (χ1n) is 11.5. The summed E-state index contributed by atoms with van der Waals surface area (Å²) in [5.74, 6) is -3.40. The number of likely N-dealkylation sites (tertiary alicyclic amines) is 1. The highest BCUT2D eigenvalue weighted by molar-refractivity contribution is 5.93. The van der Waals surface area contributed by atoms with Crippen molar-refractivity contribution in [2.45, 2.75) is 51.1 Å². The zero-order chi connectivity index (χ0) is 24.3. The van der Waals surface area contributed by atoms with E-state index in [-0.39, 0.29) is 24.4 Å². The second-order valence-corrected chi connectivity index (χ2v) is 9.89. The van der Waals surface area contributed by atoms with E-state index in [1.54, 1.807) is 13.2 Å². The SMILES string of the molecule is COc1cc(C)c2[nH]ccc2c1CN1CCC2(CC1c1ccc(C(N)=O)c(F)c1)CC(F)(F)C2. The van der Waals surface area contributed by atoms with Crippen LogP contribution >= 0.6 is 0 Å². The molecule has 1 saturated carbocycles. The number of fused-ring (bicyclic) bond motifs is 1. The summed E-state index contributed by atoms with van der Waals surface area (Å²) >= 11 is 0. The number of aromatic nitrogens is 1. The number of amides is 1. The van der Waals surface area contributed by atoms with E-state index in [2.05, 4.69) is 9.88 Å². The maximum atomic E-state index is 14.7. The number of methoxy groups -OCH3 is 1. The fraction of sp³-hybridized carbons (Fsp3) is 0.423. The van der Waals surface area contributed by atoms with Gasteiger partial charge in [-0.15, -0.1) is 0 Å². The number of rotatable bonds is 5. The molecule has 1 spiro atoms. The molecule has 2 heterocycles. The summed E-state index contributed by atoms with van der Waals surface area (Å²) in [6.45, 7) is 3.13. The third-order valence-electron chi connectivity index (χ3n) is 7.60. The number of halogens is 3. The average Bonchev–Trinajstić information content (AvgIpc) is 3.25. The molecule has 1 aromatic heterocycles. The molecule has 2 aliphatic rings. The van der Waals surface area contributed by atoms with Gasteiger partial charge in [-0.3, -0.25) is 9.69 Å². The maximum Gasteiger partial charge on any atom is 0.251 e. The van der Waals surface area contributed by atoms with Gasteiger partial charge in [0.05, 0.1) is 12.7 Å². The van der Waals surface area contributed by atoms with Gasteiger partial charge in [0.2, 0.25) is 5.92 Å². The number of hydrogen-bond acceptors (Lipinski definition) is 3. The van der Waals surface area contributed by atoms with E-state index in [9.17, 15) is 18.0 Å². The molecule has 2 aromatic carbocycles. The molecule has 8 heteroatoms. The molecule has 3 N–H and O–H groups in total. The highest BCUT2D eigenvalue weighted by atomic mass is 19.3. The minimum atomic E-state index is -2.63. The number of piperidine rings is 1. The van der Waals surface area contributed by atoms with E-state index >= 15 is 0 Å². The number of aromatic amines is 1. The molecular formula is C26H28F3N3O2.